The van der Waals surface area contributed by atoms with Crippen LogP contribution in [0.3, 0.4) is 0 Å². The van der Waals surface area contributed by atoms with Crippen LogP contribution in [-0.2, 0) is 6.54 Å². The fourth-order valence-electron chi connectivity index (χ4n) is 3.54. The van der Waals surface area contributed by atoms with Gasteiger partial charge in [-0.2, -0.15) is 5.10 Å². The maximum absolute atomic E-state index is 13.2. The zero-order valence-electron chi connectivity index (χ0n) is 18.8. The highest BCUT2D eigenvalue weighted by atomic mass is 16.6. The van der Waals surface area contributed by atoms with Gasteiger partial charge in [0.2, 0.25) is 0 Å². The summed E-state index contributed by atoms with van der Waals surface area (Å²) < 4.78 is 12.5. The summed E-state index contributed by atoms with van der Waals surface area (Å²) in [6, 6.07) is 12.3. The molecule has 3 rings (SSSR count). The van der Waals surface area contributed by atoms with Crippen LogP contribution in [0.2, 0.25) is 0 Å². The first-order valence-corrected chi connectivity index (χ1v) is 10.1. The molecule has 1 aromatic heterocycles. The molecule has 0 bridgehead atoms. The third-order valence-corrected chi connectivity index (χ3v) is 5.19. The molecule has 1 heterocycles. The second-order valence-corrected chi connectivity index (χ2v) is 7.27. The smallest absolute Gasteiger partial charge is 0.286 e. The lowest BCUT2D eigenvalue weighted by molar-refractivity contribution is -0.385. The fraction of sp³-hybridized carbons (Fsp3) is 0.304. The van der Waals surface area contributed by atoms with Crippen molar-refractivity contribution in [3.8, 4) is 17.2 Å². The standard InChI is InChI=1S/C23H26N4O5/c1-6-32-22-12-18(20(27(29)30)13-21(22)31-5)23(28)25(4)14-19-15(2)24-26(16(19)3)17-10-8-7-9-11-17/h7-13H,6,14H2,1-5H3. The molecule has 0 fully saturated rings. The Hall–Kier alpha value is -3.88. The Morgan fingerprint density at radius 3 is 2.47 bits per heavy atom. The molecule has 9 heteroatoms. The van der Waals surface area contributed by atoms with Crippen molar-refractivity contribution in [1.82, 2.24) is 14.7 Å². The summed E-state index contributed by atoms with van der Waals surface area (Å²) in [7, 11) is 3.00. The molecule has 168 valence electrons. The van der Waals surface area contributed by atoms with Crippen molar-refractivity contribution in [2.45, 2.75) is 27.3 Å². The number of aromatic nitrogens is 2. The van der Waals surface area contributed by atoms with Crippen LogP contribution in [0.1, 0.15) is 34.2 Å². The van der Waals surface area contributed by atoms with E-state index in [4.69, 9.17) is 9.47 Å². The molecule has 0 saturated heterocycles. The van der Waals surface area contributed by atoms with E-state index in [1.54, 1.807) is 14.0 Å². The summed E-state index contributed by atoms with van der Waals surface area (Å²) >= 11 is 0. The minimum atomic E-state index is -0.594. The zero-order valence-corrected chi connectivity index (χ0v) is 18.8. The Kier molecular flexibility index (Phi) is 6.77. The second kappa shape index (κ2) is 9.51. The minimum absolute atomic E-state index is 0.0625. The van der Waals surface area contributed by atoms with E-state index < -0.39 is 10.8 Å². The van der Waals surface area contributed by atoms with Gasteiger partial charge < -0.3 is 14.4 Å². The van der Waals surface area contributed by atoms with E-state index in [0.717, 1.165) is 22.6 Å². The molecule has 0 atom stereocenters. The SMILES string of the molecule is CCOc1cc(C(=O)N(C)Cc2c(C)nn(-c3ccccc3)c2C)c([N+](=O)[O-])cc1OC. The number of methoxy groups -OCH3 is 1. The van der Waals surface area contributed by atoms with Crippen molar-refractivity contribution in [3.63, 3.8) is 0 Å². The molecule has 0 aliphatic carbocycles. The van der Waals surface area contributed by atoms with Crippen LogP contribution in [0.5, 0.6) is 11.5 Å². The molecule has 9 nitrogen and oxygen atoms in total. The molecular weight excluding hydrogens is 412 g/mol. The predicted molar refractivity (Wildman–Crippen MR) is 120 cm³/mol. The number of ether oxygens (including phenoxy) is 2. The van der Waals surface area contributed by atoms with Gasteiger partial charge >= 0.3 is 0 Å². The molecule has 1 amide bonds. The lowest BCUT2D eigenvalue weighted by Crippen LogP contribution is -2.27. The topological polar surface area (TPSA) is 99.7 Å². The third-order valence-electron chi connectivity index (χ3n) is 5.19. The number of aryl methyl sites for hydroxylation is 1. The Balaban J connectivity index is 1.95. The first-order chi connectivity index (χ1) is 15.3. The van der Waals surface area contributed by atoms with E-state index in [1.165, 1.54) is 24.1 Å². The van der Waals surface area contributed by atoms with Gasteiger partial charge in [0.15, 0.2) is 11.5 Å². The van der Waals surface area contributed by atoms with Crippen LogP contribution in [0.25, 0.3) is 5.69 Å². The number of hydrogen-bond donors (Lipinski definition) is 0. The molecule has 0 unspecified atom stereocenters. The lowest BCUT2D eigenvalue weighted by Gasteiger charge is -2.19. The number of amides is 1. The summed E-state index contributed by atoms with van der Waals surface area (Å²) in [4.78, 5) is 25.7. The zero-order chi connectivity index (χ0) is 23.4. The van der Waals surface area contributed by atoms with Gasteiger partial charge in [-0.15, -0.1) is 0 Å². The third kappa shape index (κ3) is 4.41. The predicted octanol–water partition coefficient (Wildman–Crippen LogP) is 4.08. The van der Waals surface area contributed by atoms with Crippen molar-refractivity contribution < 1.29 is 19.2 Å². The van der Waals surface area contributed by atoms with E-state index in [2.05, 4.69) is 5.10 Å². The van der Waals surface area contributed by atoms with Crippen molar-refractivity contribution in [2.24, 2.45) is 0 Å². The van der Waals surface area contributed by atoms with Crippen LogP contribution < -0.4 is 9.47 Å². The number of benzene rings is 2. The van der Waals surface area contributed by atoms with Crippen molar-refractivity contribution >= 4 is 11.6 Å². The Labute approximate surface area is 186 Å². The molecule has 32 heavy (non-hydrogen) atoms. The number of carbonyl (C=O) groups is 1. The Morgan fingerprint density at radius 2 is 1.88 bits per heavy atom. The number of nitrogens with zero attached hydrogens (tertiary/aromatic N) is 4. The first-order valence-electron chi connectivity index (χ1n) is 10.1. The highest BCUT2D eigenvalue weighted by Crippen LogP contribution is 2.35. The van der Waals surface area contributed by atoms with Crippen LogP contribution in [0.4, 0.5) is 5.69 Å². The van der Waals surface area contributed by atoms with Crippen molar-refractivity contribution in [3.05, 3.63) is 75.1 Å². The fourth-order valence-corrected chi connectivity index (χ4v) is 3.54. The average molecular weight is 438 g/mol. The number of hydrogen-bond acceptors (Lipinski definition) is 6. The van der Waals surface area contributed by atoms with Crippen molar-refractivity contribution in [1.29, 1.82) is 0 Å². The summed E-state index contributed by atoms with van der Waals surface area (Å²) in [6.45, 7) is 6.17. The van der Waals surface area contributed by atoms with E-state index in [9.17, 15) is 14.9 Å². The summed E-state index contributed by atoms with van der Waals surface area (Å²) in [5, 5.41) is 16.2. The summed E-state index contributed by atoms with van der Waals surface area (Å²) in [6.07, 6.45) is 0. The number of nitro groups is 1. The Morgan fingerprint density at radius 1 is 1.19 bits per heavy atom. The van der Waals surface area contributed by atoms with Gasteiger partial charge in [0, 0.05) is 30.9 Å². The van der Waals surface area contributed by atoms with Crippen molar-refractivity contribution in [2.75, 3.05) is 20.8 Å². The molecule has 0 spiro atoms. The first kappa shape index (κ1) is 22.8. The molecule has 2 aromatic carbocycles. The van der Waals surface area contributed by atoms with Gasteiger partial charge in [-0.1, -0.05) is 18.2 Å². The molecule has 3 aromatic rings. The van der Waals surface area contributed by atoms with Gasteiger partial charge in [-0.3, -0.25) is 14.9 Å². The van der Waals surface area contributed by atoms with Gasteiger partial charge in [-0.25, -0.2) is 4.68 Å². The van der Waals surface area contributed by atoms with Gasteiger partial charge in [0.1, 0.15) is 5.56 Å². The number of carbonyl (C=O) groups excluding carboxylic acids is 1. The van der Waals surface area contributed by atoms with E-state index in [1.807, 2.05) is 48.9 Å². The molecule has 0 radical (unpaired) electrons. The molecule has 0 aliphatic heterocycles. The average Bonchev–Trinajstić information content (AvgIpc) is 3.07. The van der Waals surface area contributed by atoms with Crippen LogP contribution in [0, 0.1) is 24.0 Å². The molecule has 0 aliphatic rings. The lowest BCUT2D eigenvalue weighted by atomic mass is 10.1. The van der Waals surface area contributed by atoms with E-state index in [0.29, 0.717) is 6.61 Å². The van der Waals surface area contributed by atoms with Gasteiger partial charge in [-0.05, 0) is 32.9 Å². The maximum Gasteiger partial charge on any atom is 0.286 e. The molecule has 0 N–H and O–H groups in total. The summed E-state index contributed by atoms with van der Waals surface area (Å²) in [5.41, 5.74) is 3.08. The van der Waals surface area contributed by atoms with E-state index >= 15 is 0 Å². The normalized spacial score (nSPS) is 10.7. The largest absolute Gasteiger partial charge is 0.493 e. The quantitative estimate of drug-likeness (QED) is 0.388. The highest BCUT2D eigenvalue weighted by molar-refractivity contribution is 5.99. The van der Waals surface area contributed by atoms with Gasteiger partial charge in [0.25, 0.3) is 11.6 Å². The molecular formula is C23H26N4O5. The molecule has 0 saturated carbocycles. The minimum Gasteiger partial charge on any atom is -0.493 e. The monoisotopic (exact) mass is 438 g/mol. The number of rotatable bonds is 8. The Bertz CT molecular complexity index is 1140. The maximum atomic E-state index is 13.2. The van der Waals surface area contributed by atoms with E-state index in [-0.39, 0.29) is 29.3 Å². The van der Waals surface area contributed by atoms with Crippen LogP contribution in [0.15, 0.2) is 42.5 Å². The number of para-hydroxylation sites is 1. The summed E-state index contributed by atoms with van der Waals surface area (Å²) in [5.74, 6) is -0.0123. The van der Waals surface area contributed by atoms with Crippen LogP contribution in [-0.4, -0.2) is 46.3 Å². The highest BCUT2D eigenvalue weighted by Gasteiger charge is 2.28. The second-order valence-electron chi connectivity index (χ2n) is 7.27. The van der Waals surface area contributed by atoms with Gasteiger partial charge in [0.05, 0.1) is 36.1 Å². The number of nitro benzene ring substituents is 1. The van der Waals surface area contributed by atoms with Crippen LogP contribution >= 0.6 is 0 Å².